The standard InChI is InChI=1S/C16H24ClNO5S/c1-13-6-7-15(12-14(13)4-3-5-16(19)20)18(9-8-17)10-11-23-24(2,21)22/h6-7,12H,3-5,8-11H2,1-2H3,(H,19,20). The Bertz CT molecular complexity index is 648. The number of hydrogen-bond donors (Lipinski definition) is 1. The Labute approximate surface area is 148 Å². The summed E-state index contributed by atoms with van der Waals surface area (Å²) in [5, 5.41) is 8.75. The molecule has 0 saturated carbocycles. The van der Waals surface area contributed by atoms with Gasteiger partial charge in [0.2, 0.25) is 0 Å². The molecule has 0 fully saturated rings. The predicted octanol–water partition coefficient (Wildman–Crippen LogP) is 2.42. The largest absolute Gasteiger partial charge is 0.481 e. The summed E-state index contributed by atoms with van der Waals surface area (Å²) in [5.41, 5.74) is 3.10. The number of aliphatic carboxylic acids is 1. The zero-order valence-electron chi connectivity index (χ0n) is 14.0. The molecule has 0 amide bonds. The van der Waals surface area contributed by atoms with Crippen LogP contribution in [-0.4, -0.2) is 51.3 Å². The number of anilines is 1. The fraction of sp³-hybridized carbons (Fsp3) is 0.562. The fourth-order valence-electron chi connectivity index (χ4n) is 2.32. The Hall–Kier alpha value is -1.31. The van der Waals surface area contributed by atoms with E-state index in [2.05, 4.69) is 0 Å². The van der Waals surface area contributed by atoms with Gasteiger partial charge in [0.1, 0.15) is 0 Å². The number of benzene rings is 1. The molecular weight excluding hydrogens is 354 g/mol. The number of alkyl halides is 1. The Kier molecular flexibility index (Phi) is 8.52. The fourth-order valence-corrected chi connectivity index (χ4v) is 2.91. The number of carboxylic acid groups (broad SMARTS) is 1. The Morgan fingerprint density at radius 3 is 2.62 bits per heavy atom. The number of nitrogens with zero attached hydrogens (tertiary/aromatic N) is 1. The molecule has 0 heterocycles. The van der Waals surface area contributed by atoms with Crippen molar-refractivity contribution in [3.8, 4) is 0 Å². The lowest BCUT2D eigenvalue weighted by Crippen LogP contribution is -2.30. The average Bonchev–Trinajstić information content (AvgIpc) is 2.47. The highest BCUT2D eigenvalue weighted by Crippen LogP contribution is 2.21. The van der Waals surface area contributed by atoms with Gasteiger partial charge in [-0.3, -0.25) is 8.98 Å². The van der Waals surface area contributed by atoms with Crippen LogP contribution in [0.15, 0.2) is 18.2 Å². The van der Waals surface area contributed by atoms with Crippen LogP contribution in [0.2, 0.25) is 0 Å². The van der Waals surface area contributed by atoms with Crippen molar-refractivity contribution in [3.63, 3.8) is 0 Å². The molecule has 6 nitrogen and oxygen atoms in total. The predicted molar refractivity (Wildman–Crippen MR) is 95.5 cm³/mol. The minimum absolute atomic E-state index is 0.0535. The zero-order valence-corrected chi connectivity index (χ0v) is 15.6. The molecular formula is C16H24ClNO5S. The maximum Gasteiger partial charge on any atom is 0.303 e. The molecule has 0 atom stereocenters. The van der Waals surface area contributed by atoms with Crippen molar-refractivity contribution in [3.05, 3.63) is 29.3 Å². The summed E-state index contributed by atoms with van der Waals surface area (Å²) >= 11 is 5.84. The first kappa shape index (κ1) is 20.7. The summed E-state index contributed by atoms with van der Waals surface area (Å²) in [6.07, 6.45) is 2.41. The van der Waals surface area contributed by atoms with Gasteiger partial charge in [0, 0.05) is 31.1 Å². The lowest BCUT2D eigenvalue weighted by Gasteiger charge is -2.24. The molecule has 0 aromatic heterocycles. The number of aryl methyl sites for hydroxylation is 2. The van der Waals surface area contributed by atoms with Crippen LogP contribution < -0.4 is 4.90 Å². The van der Waals surface area contributed by atoms with Gasteiger partial charge in [0.25, 0.3) is 10.1 Å². The smallest absolute Gasteiger partial charge is 0.303 e. The van der Waals surface area contributed by atoms with Crippen LogP contribution in [0.25, 0.3) is 0 Å². The van der Waals surface area contributed by atoms with Crippen molar-refractivity contribution in [2.75, 3.05) is 36.7 Å². The Balaban J connectivity index is 2.80. The average molecular weight is 378 g/mol. The maximum atomic E-state index is 11.1. The van der Waals surface area contributed by atoms with E-state index in [1.165, 1.54) is 0 Å². The van der Waals surface area contributed by atoms with Crippen LogP contribution in [0.4, 0.5) is 5.69 Å². The number of halogens is 1. The lowest BCUT2D eigenvalue weighted by molar-refractivity contribution is -0.137. The minimum Gasteiger partial charge on any atom is -0.481 e. The molecule has 136 valence electrons. The molecule has 0 unspecified atom stereocenters. The summed E-state index contributed by atoms with van der Waals surface area (Å²) in [4.78, 5) is 12.6. The number of carboxylic acids is 1. The van der Waals surface area contributed by atoms with Crippen molar-refractivity contribution < 1.29 is 22.5 Å². The third kappa shape index (κ3) is 7.99. The Morgan fingerprint density at radius 2 is 2.04 bits per heavy atom. The van der Waals surface area contributed by atoms with E-state index >= 15 is 0 Å². The molecule has 1 aromatic rings. The number of rotatable bonds is 11. The molecule has 0 aliphatic rings. The van der Waals surface area contributed by atoms with Gasteiger partial charge in [-0.05, 0) is 43.0 Å². The van der Waals surface area contributed by atoms with Crippen molar-refractivity contribution in [2.45, 2.75) is 26.2 Å². The van der Waals surface area contributed by atoms with Gasteiger partial charge in [-0.1, -0.05) is 6.07 Å². The first-order valence-electron chi connectivity index (χ1n) is 7.69. The van der Waals surface area contributed by atoms with E-state index in [1.54, 1.807) is 0 Å². The van der Waals surface area contributed by atoms with E-state index in [0.717, 1.165) is 23.1 Å². The van der Waals surface area contributed by atoms with Gasteiger partial charge in [-0.25, -0.2) is 0 Å². The van der Waals surface area contributed by atoms with Gasteiger partial charge in [-0.2, -0.15) is 8.42 Å². The summed E-state index contributed by atoms with van der Waals surface area (Å²) in [6.45, 7) is 3.00. The van der Waals surface area contributed by atoms with Crippen molar-refractivity contribution in [2.24, 2.45) is 0 Å². The molecule has 1 aromatic carbocycles. The second-order valence-corrected chi connectivity index (χ2v) is 7.58. The molecule has 8 heteroatoms. The van der Waals surface area contributed by atoms with Crippen LogP contribution in [0.1, 0.15) is 24.0 Å². The van der Waals surface area contributed by atoms with E-state index in [1.807, 2.05) is 30.0 Å². The molecule has 0 radical (unpaired) electrons. The van der Waals surface area contributed by atoms with E-state index in [-0.39, 0.29) is 13.0 Å². The zero-order chi connectivity index (χ0) is 18.2. The third-order valence-corrected chi connectivity index (χ3v) is 4.31. The lowest BCUT2D eigenvalue weighted by atomic mass is 10.0. The molecule has 0 spiro atoms. The quantitative estimate of drug-likeness (QED) is 0.471. The molecule has 0 aliphatic heterocycles. The molecule has 0 aliphatic carbocycles. The number of carbonyl (C=O) groups is 1. The van der Waals surface area contributed by atoms with Crippen LogP contribution >= 0.6 is 11.6 Å². The van der Waals surface area contributed by atoms with Gasteiger partial charge >= 0.3 is 5.97 Å². The van der Waals surface area contributed by atoms with E-state index in [4.69, 9.17) is 20.9 Å². The van der Waals surface area contributed by atoms with Gasteiger partial charge in [0.05, 0.1) is 12.9 Å². The topological polar surface area (TPSA) is 83.9 Å². The highest BCUT2D eigenvalue weighted by atomic mass is 35.5. The minimum atomic E-state index is -3.47. The molecule has 0 saturated heterocycles. The summed E-state index contributed by atoms with van der Waals surface area (Å²) < 4.78 is 26.9. The molecule has 1 N–H and O–H groups in total. The van der Waals surface area contributed by atoms with Crippen molar-refractivity contribution in [1.29, 1.82) is 0 Å². The SMILES string of the molecule is Cc1ccc(N(CCCl)CCOS(C)(=O)=O)cc1CCCC(=O)O. The van der Waals surface area contributed by atoms with Crippen LogP contribution in [-0.2, 0) is 25.5 Å². The molecule has 24 heavy (non-hydrogen) atoms. The van der Waals surface area contributed by atoms with Crippen LogP contribution in [0.5, 0.6) is 0 Å². The van der Waals surface area contributed by atoms with E-state index in [0.29, 0.717) is 31.8 Å². The maximum absolute atomic E-state index is 11.1. The molecule has 0 bridgehead atoms. The summed E-state index contributed by atoms with van der Waals surface area (Å²) in [6, 6.07) is 5.93. The van der Waals surface area contributed by atoms with Gasteiger partial charge in [-0.15, -0.1) is 11.6 Å². The highest BCUT2D eigenvalue weighted by molar-refractivity contribution is 7.85. The van der Waals surface area contributed by atoms with Crippen LogP contribution in [0, 0.1) is 6.92 Å². The van der Waals surface area contributed by atoms with Crippen LogP contribution in [0.3, 0.4) is 0 Å². The van der Waals surface area contributed by atoms with E-state index in [9.17, 15) is 13.2 Å². The normalized spacial score (nSPS) is 11.5. The number of hydrogen-bond acceptors (Lipinski definition) is 5. The Morgan fingerprint density at radius 1 is 1.33 bits per heavy atom. The summed E-state index contributed by atoms with van der Waals surface area (Å²) in [7, 11) is -3.47. The second kappa shape index (κ2) is 9.86. The second-order valence-electron chi connectivity index (χ2n) is 5.56. The van der Waals surface area contributed by atoms with Gasteiger partial charge < -0.3 is 10.0 Å². The van der Waals surface area contributed by atoms with Crippen molar-refractivity contribution in [1.82, 2.24) is 0 Å². The first-order chi connectivity index (χ1) is 11.2. The van der Waals surface area contributed by atoms with Crippen molar-refractivity contribution >= 4 is 33.4 Å². The highest BCUT2D eigenvalue weighted by Gasteiger charge is 2.10. The third-order valence-electron chi connectivity index (χ3n) is 3.55. The van der Waals surface area contributed by atoms with Gasteiger partial charge in [0.15, 0.2) is 0 Å². The summed E-state index contributed by atoms with van der Waals surface area (Å²) in [5.74, 6) is -0.397. The first-order valence-corrected chi connectivity index (χ1v) is 10.0. The molecule has 1 rings (SSSR count). The monoisotopic (exact) mass is 377 g/mol. The van der Waals surface area contributed by atoms with E-state index < -0.39 is 16.1 Å².